The van der Waals surface area contributed by atoms with Gasteiger partial charge in [-0.15, -0.1) is 0 Å². The number of oxazole rings is 1. The van der Waals surface area contributed by atoms with Gasteiger partial charge in [-0.3, -0.25) is 9.80 Å². The first kappa shape index (κ1) is 13.7. The molecule has 0 spiro atoms. The summed E-state index contributed by atoms with van der Waals surface area (Å²) in [6.07, 6.45) is 6.96. The molecule has 0 bridgehead atoms. The second kappa shape index (κ2) is 6.02. The summed E-state index contributed by atoms with van der Waals surface area (Å²) >= 11 is 0. The highest BCUT2D eigenvalue weighted by atomic mass is 16.3. The molecule has 0 aliphatic carbocycles. The van der Waals surface area contributed by atoms with E-state index in [1.807, 2.05) is 6.07 Å². The van der Waals surface area contributed by atoms with Crippen LogP contribution in [0.25, 0.3) is 0 Å². The minimum atomic E-state index is 0.661. The van der Waals surface area contributed by atoms with Crippen LogP contribution in [0.15, 0.2) is 35.3 Å². The van der Waals surface area contributed by atoms with Gasteiger partial charge in [0.2, 0.25) is 11.8 Å². The lowest BCUT2D eigenvalue weighted by Gasteiger charge is -2.47. The molecule has 2 aliphatic rings. The van der Waals surface area contributed by atoms with Crippen LogP contribution in [0.4, 0.5) is 5.95 Å². The molecule has 0 radical (unpaired) electrons. The van der Waals surface area contributed by atoms with Crippen molar-refractivity contribution in [3.8, 4) is 0 Å². The quantitative estimate of drug-likeness (QED) is 0.813. The molecule has 0 amide bonds. The summed E-state index contributed by atoms with van der Waals surface area (Å²) in [5.74, 6) is 1.66. The third kappa shape index (κ3) is 2.82. The summed E-state index contributed by atoms with van der Waals surface area (Å²) < 4.78 is 5.30. The van der Waals surface area contributed by atoms with Crippen molar-refractivity contribution in [1.29, 1.82) is 0 Å². The van der Waals surface area contributed by atoms with Crippen molar-refractivity contribution in [2.75, 3.05) is 44.2 Å². The van der Waals surface area contributed by atoms with Gasteiger partial charge >= 0.3 is 0 Å². The Morgan fingerprint density at radius 1 is 1.00 bits per heavy atom. The molecule has 7 heteroatoms. The van der Waals surface area contributed by atoms with Gasteiger partial charge in [0.05, 0.1) is 12.7 Å². The van der Waals surface area contributed by atoms with Gasteiger partial charge in [0.1, 0.15) is 6.26 Å². The van der Waals surface area contributed by atoms with Crippen molar-refractivity contribution in [3.05, 3.63) is 36.8 Å². The van der Waals surface area contributed by atoms with Gasteiger partial charge in [-0.25, -0.2) is 15.0 Å². The van der Waals surface area contributed by atoms with E-state index in [1.54, 1.807) is 24.9 Å². The maximum Gasteiger partial charge on any atom is 0.225 e. The van der Waals surface area contributed by atoms with Crippen LogP contribution in [0.2, 0.25) is 0 Å². The Balaban J connectivity index is 1.24. The Morgan fingerprint density at radius 2 is 1.77 bits per heavy atom. The van der Waals surface area contributed by atoms with Gasteiger partial charge in [-0.1, -0.05) is 0 Å². The predicted molar refractivity (Wildman–Crippen MR) is 81.4 cm³/mol. The van der Waals surface area contributed by atoms with Crippen molar-refractivity contribution < 1.29 is 4.42 Å². The fourth-order valence-electron chi connectivity index (χ4n) is 3.17. The molecule has 22 heavy (non-hydrogen) atoms. The lowest BCUT2D eigenvalue weighted by Crippen LogP contribution is -2.62. The van der Waals surface area contributed by atoms with Crippen LogP contribution in [0.5, 0.6) is 0 Å². The number of hydrogen-bond acceptors (Lipinski definition) is 7. The summed E-state index contributed by atoms with van der Waals surface area (Å²) in [4.78, 5) is 20.1. The zero-order valence-corrected chi connectivity index (χ0v) is 12.5. The lowest BCUT2D eigenvalue weighted by molar-refractivity contribution is 0.0206. The van der Waals surface area contributed by atoms with E-state index in [0.29, 0.717) is 6.04 Å². The number of nitrogens with zero attached hydrogens (tertiary/aromatic N) is 6. The SMILES string of the molecule is c1cnc(N2CCN(C3CN(Cc4ncco4)C3)CC2)nc1. The van der Waals surface area contributed by atoms with Crippen LogP contribution < -0.4 is 4.90 Å². The fourth-order valence-corrected chi connectivity index (χ4v) is 3.17. The van der Waals surface area contributed by atoms with E-state index in [4.69, 9.17) is 4.42 Å². The van der Waals surface area contributed by atoms with Crippen LogP contribution in [0.1, 0.15) is 5.89 Å². The first-order chi connectivity index (χ1) is 10.9. The van der Waals surface area contributed by atoms with Gasteiger partial charge in [-0.2, -0.15) is 0 Å². The summed E-state index contributed by atoms with van der Waals surface area (Å²) in [6.45, 7) is 7.18. The number of anilines is 1. The van der Waals surface area contributed by atoms with Crippen LogP contribution in [0, 0.1) is 0 Å². The Morgan fingerprint density at radius 3 is 2.45 bits per heavy atom. The number of aromatic nitrogens is 3. The largest absolute Gasteiger partial charge is 0.448 e. The molecule has 4 heterocycles. The van der Waals surface area contributed by atoms with Crippen molar-refractivity contribution >= 4 is 5.95 Å². The highest BCUT2D eigenvalue weighted by molar-refractivity contribution is 5.29. The number of likely N-dealkylation sites (tertiary alicyclic amines) is 1. The maximum atomic E-state index is 5.30. The summed E-state index contributed by atoms with van der Waals surface area (Å²) in [5.41, 5.74) is 0. The molecule has 0 aromatic carbocycles. The van der Waals surface area contributed by atoms with E-state index in [9.17, 15) is 0 Å². The van der Waals surface area contributed by atoms with Crippen molar-refractivity contribution in [3.63, 3.8) is 0 Å². The molecular formula is C15H20N6O. The van der Waals surface area contributed by atoms with Crippen LogP contribution >= 0.6 is 0 Å². The normalized spacial score (nSPS) is 21.0. The van der Waals surface area contributed by atoms with Crippen LogP contribution in [0.3, 0.4) is 0 Å². The maximum absolute atomic E-state index is 5.30. The monoisotopic (exact) mass is 300 g/mol. The zero-order valence-electron chi connectivity index (χ0n) is 12.5. The molecule has 0 saturated carbocycles. The zero-order chi connectivity index (χ0) is 14.8. The lowest BCUT2D eigenvalue weighted by atomic mass is 10.1. The highest BCUT2D eigenvalue weighted by Gasteiger charge is 2.34. The van der Waals surface area contributed by atoms with Gasteiger partial charge in [0.15, 0.2) is 0 Å². The molecule has 2 aromatic heterocycles. The molecule has 4 rings (SSSR count). The number of piperazine rings is 1. The molecule has 116 valence electrons. The van der Waals surface area contributed by atoms with E-state index in [2.05, 4.69) is 29.7 Å². The summed E-state index contributed by atoms with van der Waals surface area (Å²) in [7, 11) is 0. The number of hydrogen-bond donors (Lipinski definition) is 0. The minimum Gasteiger partial charge on any atom is -0.448 e. The average molecular weight is 300 g/mol. The van der Waals surface area contributed by atoms with Crippen LogP contribution in [-0.2, 0) is 6.54 Å². The van der Waals surface area contributed by atoms with E-state index < -0.39 is 0 Å². The minimum absolute atomic E-state index is 0.661. The summed E-state index contributed by atoms with van der Waals surface area (Å²) in [6, 6.07) is 2.52. The Hall–Kier alpha value is -1.99. The average Bonchev–Trinajstić information content (AvgIpc) is 3.05. The molecule has 2 aromatic rings. The van der Waals surface area contributed by atoms with E-state index in [-0.39, 0.29) is 0 Å². The molecule has 0 atom stereocenters. The number of rotatable bonds is 4. The second-order valence-corrected chi connectivity index (χ2v) is 5.85. The smallest absolute Gasteiger partial charge is 0.225 e. The van der Waals surface area contributed by atoms with E-state index in [0.717, 1.165) is 57.7 Å². The molecule has 0 N–H and O–H groups in total. The topological polar surface area (TPSA) is 61.5 Å². The molecule has 7 nitrogen and oxygen atoms in total. The fraction of sp³-hybridized carbons (Fsp3) is 0.533. The predicted octanol–water partition coefficient (Wildman–Crippen LogP) is 0.471. The third-order valence-corrected chi connectivity index (χ3v) is 4.45. The van der Waals surface area contributed by atoms with Gasteiger partial charge < -0.3 is 9.32 Å². The molecule has 2 saturated heterocycles. The van der Waals surface area contributed by atoms with Crippen molar-refractivity contribution in [1.82, 2.24) is 24.8 Å². The Bertz CT molecular complexity index is 575. The Labute approximate surface area is 129 Å². The van der Waals surface area contributed by atoms with Gasteiger partial charge in [0, 0.05) is 57.7 Å². The Kier molecular flexibility index (Phi) is 3.74. The van der Waals surface area contributed by atoms with Crippen LogP contribution in [-0.4, -0.2) is 70.1 Å². The standard InChI is InChI=1S/C15H20N6O/c1-2-17-15(18-3-1)21-7-5-20(6-8-21)13-10-19(11-13)12-14-16-4-9-22-14/h1-4,9,13H,5-8,10-12H2. The molecule has 2 fully saturated rings. The summed E-state index contributed by atoms with van der Waals surface area (Å²) in [5, 5.41) is 0. The van der Waals surface area contributed by atoms with Gasteiger partial charge in [-0.05, 0) is 6.07 Å². The van der Waals surface area contributed by atoms with Gasteiger partial charge in [0.25, 0.3) is 0 Å². The highest BCUT2D eigenvalue weighted by Crippen LogP contribution is 2.20. The van der Waals surface area contributed by atoms with E-state index >= 15 is 0 Å². The van der Waals surface area contributed by atoms with Crippen molar-refractivity contribution in [2.45, 2.75) is 12.6 Å². The third-order valence-electron chi connectivity index (χ3n) is 4.45. The molecular weight excluding hydrogens is 280 g/mol. The molecule has 0 unspecified atom stereocenters. The second-order valence-electron chi connectivity index (χ2n) is 5.85. The van der Waals surface area contributed by atoms with Crippen molar-refractivity contribution in [2.24, 2.45) is 0 Å². The first-order valence-electron chi connectivity index (χ1n) is 7.75. The van der Waals surface area contributed by atoms with E-state index in [1.165, 1.54) is 0 Å². The first-order valence-corrected chi connectivity index (χ1v) is 7.75. The molecule has 2 aliphatic heterocycles.